The molecule has 0 bridgehead atoms. The average Bonchev–Trinajstić information content (AvgIpc) is 3.02. The molecule has 118 valence electrons. The number of hydrogen-bond donors (Lipinski definition) is 0. The first kappa shape index (κ1) is 15.2. The molecule has 23 heavy (non-hydrogen) atoms. The van der Waals surface area contributed by atoms with Gasteiger partial charge in [0.15, 0.2) is 6.10 Å². The predicted molar refractivity (Wildman–Crippen MR) is 83.3 cm³/mol. The second kappa shape index (κ2) is 6.21. The van der Waals surface area contributed by atoms with E-state index in [1.54, 1.807) is 38.4 Å². The van der Waals surface area contributed by atoms with Crippen LogP contribution in [0.1, 0.15) is 18.9 Å². The van der Waals surface area contributed by atoms with Crippen molar-refractivity contribution in [1.29, 1.82) is 0 Å². The van der Waals surface area contributed by atoms with Crippen molar-refractivity contribution in [2.24, 2.45) is 7.05 Å². The van der Waals surface area contributed by atoms with Gasteiger partial charge in [0.25, 0.3) is 11.4 Å². The second-order valence-corrected chi connectivity index (χ2v) is 5.28. The Kier molecular flexibility index (Phi) is 4.12. The number of halogens is 1. The largest absolute Gasteiger partial charge is 0.479 e. The van der Waals surface area contributed by atoms with Crippen LogP contribution in [-0.2, 0) is 7.05 Å². The number of rotatable bonds is 4. The molecule has 0 unspecified atom stereocenters. The highest BCUT2D eigenvalue weighted by Gasteiger charge is 2.17. The van der Waals surface area contributed by atoms with Gasteiger partial charge in [0.1, 0.15) is 10.9 Å². The van der Waals surface area contributed by atoms with Gasteiger partial charge in [-0.05, 0) is 25.1 Å². The molecule has 0 aliphatic heterocycles. The lowest BCUT2D eigenvalue weighted by atomic mass is 10.2. The maximum absolute atomic E-state index is 11.7. The summed E-state index contributed by atoms with van der Waals surface area (Å²) in [7, 11) is 1.67. The molecule has 3 aromatic heterocycles. The van der Waals surface area contributed by atoms with E-state index in [1.807, 2.05) is 0 Å². The summed E-state index contributed by atoms with van der Waals surface area (Å²) in [6.07, 6.45) is 2.69. The lowest BCUT2D eigenvalue weighted by molar-refractivity contribution is 0.175. The summed E-state index contributed by atoms with van der Waals surface area (Å²) in [5.74, 6) is 1.17. The number of nitrogens with zero attached hydrogens (tertiary/aromatic N) is 4. The summed E-state index contributed by atoms with van der Waals surface area (Å²) in [6, 6.07) is 6.51. The Bertz CT molecular complexity index is 873. The lowest BCUT2D eigenvalue weighted by Gasteiger charge is -2.09. The molecule has 0 aromatic carbocycles. The van der Waals surface area contributed by atoms with Crippen LogP contribution in [0.2, 0.25) is 5.15 Å². The van der Waals surface area contributed by atoms with E-state index in [-0.39, 0.29) is 5.56 Å². The van der Waals surface area contributed by atoms with Crippen molar-refractivity contribution in [2.75, 3.05) is 0 Å². The molecule has 3 heterocycles. The smallest absolute Gasteiger partial charge is 0.267 e. The van der Waals surface area contributed by atoms with Crippen molar-refractivity contribution in [3.8, 4) is 17.1 Å². The minimum atomic E-state index is -0.467. The summed E-state index contributed by atoms with van der Waals surface area (Å²) in [6.45, 7) is 1.77. The molecule has 0 saturated heterocycles. The first-order valence-electron chi connectivity index (χ1n) is 6.82. The first-order valence-corrected chi connectivity index (χ1v) is 7.19. The van der Waals surface area contributed by atoms with Crippen molar-refractivity contribution >= 4 is 11.6 Å². The van der Waals surface area contributed by atoms with E-state index in [4.69, 9.17) is 20.9 Å². The van der Waals surface area contributed by atoms with E-state index in [0.717, 1.165) is 0 Å². The summed E-state index contributed by atoms with van der Waals surface area (Å²) in [4.78, 5) is 19.9. The van der Waals surface area contributed by atoms with E-state index in [1.165, 1.54) is 16.8 Å². The predicted octanol–water partition coefficient (Wildman–Crippen LogP) is 2.62. The number of pyridine rings is 2. The fourth-order valence-corrected chi connectivity index (χ4v) is 2.00. The molecule has 0 aliphatic carbocycles. The Labute approximate surface area is 136 Å². The molecule has 3 aromatic rings. The van der Waals surface area contributed by atoms with Crippen LogP contribution < -0.4 is 10.3 Å². The third-order valence-electron chi connectivity index (χ3n) is 3.17. The normalized spacial score (nSPS) is 12.1. The van der Waals surface area contributed by atoms with Crippen molar-refractivity contribution in [1.82, 2.24) is 19.7 Å². The monoisotopic (exact) mass is 332 g/mol. The molecule has 1 atom stereocenters. The molecule has 0 aliphatic rings. The zero-order chi connectivity index (χ0) is 16.4. The van der Waals surface area contributed by atoms with Crippen molar-refractivity contribution < 1.29 is 9.26 Å². The maximum atomic E-state index is 11.7. The Morgan fingerprint density at radius 1 is 1.35 bits per heavy atom. The highest BCUT2D eigenvalue weighted by molar-refractivity contribution is 6.29. The molecule has 7 nitrogen and oxygen atoms in total. The Morgan fingerprint density at radius 2 is 2.17 bits per heavy atom. The van der Waals surface area contributed by atoms with Crippen LogP contribution in [-0.4, -0.2) is 19.7 Å². The van der Waals surface area contributed by atoms with E-state index in [9.17, 15) is 4.79 Å². The molecule has 0 fully saturated rings. The van der Waals surface area contributed by atoms with E-state index in [2.05, 4.69) is 15.1 Å². The number of ether oxygens (including phenoxy) is 1. The van der Waals surface area contributed by atoms with Gasteiger partial charge in [-0.1, -0.05) is 16.8 Å². The zero-order valence-electron chi connectivity index (χ0n) is 12.4. The highest BCUT2D eigenvalue weighted by Crippen LogP contribution is 2.22. The Balaban J connectivity index is 1.79. The first-order chi connectivity index (χ1) is 11.0. The number of aromatic nitrogens is 4. The number of hydrogen-bond acceptors (Lipinski definition) is 6. The van der Waals surface area contributed by atoms with Gasteiger partial charge >= 0.3 is 0 Å². The van der Waals surface area contributed by atoms with Gasteiger partial charge < -0.3 is 13.8 Å². The Morgan fingerprint density at radius 3 is 2.87 bits per heavy atom. The fourth-order valence-electron chi connectivity index (χ4n) is 1.89. The van der Waals surface area contributed by atoms with E-state index < -0.39 is 6.10 Å². The van der Waals surface area contributed by atoms with Crippen LogP contribution >= 0.6 is 11.6 Å². The van der Waals surface area contributed by atoms with E-state index >= 15 is 0 Å². The van der Waals surface area contributed by atoms with Gasteiger partial charge in [-0.3, -0.25) is 4.79 Å². The molecular formula is C15H13ClN4O3. The number of aryl methyl sites for hydroxylation is 1. The summed E-state index contributed by atoms with van der Waals surface area (Å²) < 4.78 is 12.3. The SMILES string of the molecule is C[C@H](Oc1ccc(Cl)nc1)c1nc(-c2ccn(C)c(=O)c2)no1. The molecule has 3 rings (SSSR count). The second-order valence-electron chi connectivity index (χ2n) is 4.90. The molecule has 0 saturated carbocycles. The van der Waals surface area contributed by atoms with Gasteiger partial charge in [0.2, 0.25) is 5.82 Å². The van der Waals surface area contributed by atoms with Gasteiger partial charge in [0, 0.05) is 24.9 Å². The lowest BCUT2D eigenvalue weighted by Crippen LogP contribution is -2.14. The molecule has 8 heteroatoms. The average molecular weight is 333 g/mol. The van der Waals surface area contributed by atoms with Gasteiger partial charge in [-0.25, -0.2) is 4.98 Å². The zero-order valence-corrected chi connectivity index (χ0v) is 13.2. The topological polar surface area (TPSA) is 83.0 Å². The van der Waals surface area contributed by atoms with Crippen LogP contribution in [0.3, 0.4) is 0 Å². The quantitative estimate of drug-likeness (QED) is 0.683. The minimum absolute atomic E-state index is 0.148. The van der Waals surface area contributed by atoms with Gasteiger partial charge in [-0.15, -0.1) is 0 Å². The highest BCUT2D eigenvalue weighted by atomic mass is 35.5. The van der Waals surface area contributed by atoms with Gasteiger partial charge in [0.05, 0.1) is 6.20 Å². The van der Waals surface area contributed by atoms with Crippen molar-refractivity contribution in [2.45, 2.75) is 13.0 Å². The standard InChI is InChI=1S/C15H13ClN4O3/c1-9(22-11-3-4-12(16)17-8-11)15-18-14(19-23-15)10-5-6-20(2)13(21)7-10/h3-9H,1-2H3/t9-/m0/s1. The van der Waals surface area contributed by atoms with Crippen LogP contribution in [0, 0.1) is 0 Å². The molecule has 0 N–H and O–H groups in total. The molecule has 0 amide bonds. The molecular weight excluding hydrogens is 320 g/mol. The van der Waals surface area contributed by atoms with Crippen LogP contribution in [0.15, 0.2) is 46.0 Å². The van der Waals surface area contributed by atoms with Gasteiger partial charge in [-0.2, -0.15) is 4.98 Å². The summed E-state index contributed by atoms with van der Waals surface area (Å²) in [5, 5.41) is 4.27. The van der Waals surface area contributed by atoms with E-state index in [0.29, 0.717) is 28.2 Å². The third kappa shape index (κ3) is 3.40. The minimum Gasteiger partial charge on any atom is -0.479 e. The molecule has 0 radical (unpaired) electrons. The maximum Gasteiger partial charge on any atom is 0.267 e. The molecule has 0 spiro atoms. The van der Waals surface area contributed by atoms with Crippen molar-refractivity contribution in [3.05, 3.63) is 58.1 Å². The van der Waals surface area contributed by atoms with Crippen LogP contribution in [0.4, 0.5) is 0 Å². The van der Waals surface area contributed by atoms with Crippen LogP contribution in [0.5, 0.6) is 5.75 Å². The van der Waals surface area contributed by atoms with Crippen molar-refractivity contribution in [3.63, 3.8) is 0 Å². The fraction of sp³-hybridized carbons (Fsp3) is 0.200. The Hall–Kier alpha value is -2.67. The van der Waals surface area contributed by atoms with Crippen LogP contribution in [0.25, 0.3) is 11.4 Å². The summed E-state index contributed by atoms with van der Waals surface area (Å²) >= 11 is 5.73. The summed E-state index contributed by atoms with van der Waals surface area (Å²) in [5.41, 5.74) is 0.439. The third-order valence-corrected chi connectivity index (χ3v) is 3.39.